The number of halogens is 4. The summed E-state index contributed by atoms with van der Waals surface area (Å²) in [6, 6.07) is 15.9. The molecule has 14 heteroatoms. The van der Waals surface area contributed by atoms with Gasteiger partial charge in [-0.2, -0.15) is 4.99 Å². The average Bonchev–Trinajstić information content (AvgIpc) is 3.67. The molecule has 0 spiro atoms. The molecule has 0 radical (unpaired) electrons. The molecule has 2 unspecified atom stereocenters. The van der Waals surface area contributed by atoms with Crippen molar-refractivity contribution >= 4 is 17.4 Å². The number of benzene rings is 3. The van der Waals surface area contributed by atoms with Crippen molar-refractivity contribution in [3.63, 3.8) is 0 Å². The Kier molecular flexibility index (Phi) is 9.80. The lowest BCUT2D eigenvalue weighted by molar-refractivity contribution is -0.274. The van der Waals surface area contributed by atoms with Crippen LogP contribution < -0.4 is 19.6 Å². The molecule has 0 bridgehead atoms. The van der Waals surface area contributed by atoms with E-state index in [1.165, 1.54) is 46.6 Å². The van der Waals surface area contributed by atoms with E-state index in [0.717, 1.165) is 22.7 Å². The van der Waals surface area contributed by atoms with Gasteiger partial charge in [0.25, 0.3) is 0 Å². The molecule has 9 nitrogen and oxygen atoms in total. The summed E-state index contributed by atoms with van der Waals surface area (Å²) in [5, 5.41) is 8.93. The normalized spacial score (nSPS) is 13.4. The molecular weight excluding hydrogens is 636 g/mol. The highest BCUT2D eigenvalue weighted by atomic mass is 32.1. The van der Waals surface area contributed by atoms with Gasteiger partial charge < -0.3 is 14.8 Å². The van der Waals surface area contributed by atoms with E-state index in [0.29, 0.717) is 27.4 Å². The summed E-state index contributed by atoms with van der Waals surface area (Å²) >= 11 is 1.31. The van der Waals surface area contributed by atoms with Crippen molar-refractivity contribution in [3.05, 3.63) is 100 Å². The summed E-state index contributed by atoms with van der Waals surface area (Å²) in [4.78, 5) is 21.9. The Morgan fingerprint density at radius 1 is 1.00 bits per heavy atom. The van der Waals surface area contributed by atoms with Crippen molar-refractivity contribution in [2.24, 2.45) is 4.99 Å². The van der Waals surface area contributed by atoms with Gasteiger partial charge in [-0.25, -0.2) is 18.9 Å². The van der Waals surface area contributed by atoms with E-state index in [1.807, 2.05) is 35.1 Å². The quantitative estimate of drug-likeness (QED) is 0.162. The molecule has 2 amide bonds. The van der Waals surface area contributed by atoms with E-state index in [4.69, 9.17) is 4.74 Å². The van der Waals surface area contributed by atoms with Crippen LogP contribution in [0.3, 0.4) is 0 Å². The van der Waals surface area contributed by atoms with Gasteiger partial charge in [0.05, 0.1) is 24.5 Å². The SMILES string of the molecule is COc1ccc(-n2c(C)csc2=NC(=O)NC(C)C(F)c2ccc(-c3ncn(-c4ccc(OC(F)(F)F)cc4)n3)cc2)c(C(C)C)c1. The van der Waals surface area contributed by atoms with E-state index in [2.05, 4.69) is 39.0 Å². The number of hydrogen-bond acceptors (Lipinski definition) is 6. The lowest BCUT2D eigenvalue weighted by atomic mass is 10.0. The number of rotatable bonds is 9. The van der Waals surface area contributed by atoms with Gasteiger partial charge in [0, 0.05) is 16.6 Å². The number of alkyl halides is 4. The van der Waals surface area contributed by atoms with Crippen LogP contribution in [-0.4, -0.2) is 44.9 Å². The Morgan fingerprint density at radius 2 is 1.68 bits per heavy atom. The van der Waals surface area contributed by atoms with Crippen LogP contribution in [0.15, 0.2) is 83.4 Å². The number of nitrogens with zero attached hydrogens (tertiary/aromatic N) is 5. The fraction of sp³-hybridized carbons (Fsp3) is 0.273. The molecular formula is C33H32F4N6O3S. The second kappa shape index (κ2) is 13.8. The highest BCUT2D eigenvalue weighted by Gasteiger charge is 2.31. The van der Waals surface area contributed by atoms with Crippen LogP contribution in [0, 0.1) is 6.92 Å². The maximum atomic E-state index is 15.5. The number of carbonyl (C=O) groups is 1. The highest BCUT2D eigenvalue weighted by Crippen LogP contribution is 2.29. The first-order chi connectivity index (χ1) is 22.3. The number of thiazole rings is 1. The molecule has 0 aliphatic carbocycles. The number of urea groups is 1. The second-order valence-corrected chi connectivity index (χ2v) is 11.8. The zero-order valence-corrected chi connectivity index (χ0v) is 26.9. The fourth-order valence-corrected chi connectivity index (χ4v) is 5.77. The maximum Gasteiger partial charge on any atom is 0.573 e. The average molecular weight is 669 g/mol. The molecule has 5 rings (SSSR count). The molecule has 2 aromatic heterocycles. The zero-order valence-electron chi connectivity index (χ0n) is 26.1. The molecule has 2 heterocycles. The van der Waals surface area contributed by atoms with Gasteiger partial charge in [-0.15, -0.1) is 29.6 Å². The van der Waals surface area contributed by atoms with Crippen molar-refractivity contribution in [1.29, 1.82) is 0 Å². The first-order valence-corrected chi connectivity index (χ1v) is 15.4. The molecule has 0 fully saturated rings. The molecule has 0 aliphatic rings. The summed E-state index contributed by atoms with van der Waals surface area (Å²) in [5.41, 5.74) is 4.22. The predicted octanol–water partition coefficient (Wildman–Crippen LogP) is 7.84. The standard InChI is InChI=1S/C33H32F4N6O3S/c1-19(2)27-16-26(45-5)14-15-28(27)43-20(3)17-47-32(43)40-31(44)39-21(4)29(34)22-6-8-23(9-7-22)30-38-18-42(41-30)24-10-12-25(13-11-24)46-33(35,36)37/h6-19,21,29H,1-5H3,(H,39,44). The molecule has 2 atom stereocenters. The number of aromatic nitrogens is 4. The monoisotopic (exact) mass is 668 g/mol. The summed E-state index contributed by atoms with van der Waals surface area (Å²) in [7, 11) is 1.61. The molecule has 3 aromatic carbocycles. The van der Waals surface area contributed by atoms with Gasteiger partial charge >= 0.3 is 12.4 Å². The van der Waals surface area contributed by atoms with Crippen LogP contribution in [-0.2, 0) is 0 Å². The van der Waals surface area contributed by atoms with Gasteiger partial charge in [-0.1, -0.05) is 38.1 Å². The van der Waals surface area contributed by atoms with Gasteiger partial charge in [0.15, 0.2) is 10.6 Å². The Labute approximate surface area is 272 Å². The Balaban J connectivity index is 1.27. The van der Waals surface area contributed by atoms with E-state index >= 15 is 4.39 Å². The van der Waals surface area contributed by atoms with Crippen LogP contribution in [0.5, 0.6) is 11.5 Å². The first-order valence-electron chi connectivity index (χ1n) is 14.6. The number of aryl methyl sites for hydroxylation is 1. The van der Waals surface area contributed by atoms with Gasteiger partial charge in [-0.05, 0) is 73.4 Å². The van der Waals surface area contributed by atoms with Crippen LogP contribution >= 0.6 is 11.3 Å². The number of amides is 2. The van der Waals surface area contributed by atoms with Crippen LogP contribution in [0.4, 0.5) is 22.4 Å². The molecule has 1 N–H and O–H groups in total. The number of carbonyl (C=O) groups excluding carboxylic acids is 1. The summed E-state index contributed by atoms with van der Waals surface area (Å²) in [5.74, 6) is 0.896. The van der Waals surface area contributed by atoms with Gasteiger partial charge in [-0.3, -0.25) is 4.57 Å². The van der Waals surface area contributed by atoms with E-state index < -0.39 is 24.6 Å². The third-order valence-corrected chi connectivity index (χ3v) is 8.22. The largest absolute Gasteiger partial charge is 0.573 e. The molecule has 0 saturated heterocycles. The molecule has 0 aliphatic heterocycles. The van der Waals surface area contributed by atoms with E-state index in [1.54, 1.807) is 38.3 Å². The van der Waals surface area contributed by atoms with Crippen molar-refractivity contribution in [3.8, 4) is 34.3 Å². The summed E-state index contributed by atoms with van der Waals surface area (Å²) in [6.45, 7) is 7.64. The molecule has 0 saturated carbocycles. The minimum absolute atomic E-state index is 0.182. The summed E-state index contributed by atoms with van der Waals surface area (Å²) < 4.78 is 65.4. The van der Waals surface area contributed by atoms with E-state index in [-0.39, 0.29) is 11.7 Å². The summed E-state index contributed by atoms with van der Waals surface area (Å²) in [6.07, 6.45) is -4.90. The molecule has 5 aromatic rings. The minimum Gasteiger partial charge on any atom is -0.497 e. The highest BCUT2D eigenvalue weighted by molar-refractivity contribution is 7.07. The lowest BCUT2D eigenvalue weighted by Crippen LogP contribution is -2.35. The van der Waals surface area contributed by atoms with E-state index in [9.17, 15) is 18.0 Å². The van der Waals surface area contributed by atoms with Crippen molar-refractivity contribution in [2.45, 2.75) is 52.2 Å². The number of hydrogen-bond donors (Lipinski definition) is 1. The van der Waals surface area contributed by atoms with Crippen LogP contribution in [0.25, 0.3) is 22.8 Å². The topological polar surface area (TPSA) is 95.6 Å². The van der Waals surface area contributed by atoms with Crippen LogP contribution in [0.2, 0.25) is 0 Å². The molecule has 47 heavy (non-hydrogen) atoms. The minimum atomic E-state index is -4.78. The van der Waals surface area contributed by atoms with Gasteiger partial charge in [0.1, 0.15) is 24.0 Å². The van der Waals surface area contributed by atoms with Gasteiger partial charge in [0.2, 0.25) is 0 Å². The lowest BCUT2D eigenvalue weighted by Gasteiger charge is -2.18. The Hall–Kier alpha value is -4.98. The molecule has 246 valence electrons. The maximum absolute atomic E-state index is 15.5. The first kappa shape index (κ1) is 33.4. The zero-order chi connectivity index (χ0) is 33.9. The van der Waals surface area contributed by atoms with Crippen LogP contribution in [0.1, 0.15) is 49.7 Å². The Morgan fingerprint density at radius 3 is 2.32 bits per heavy atom. The smallest absolute Gasteiger partial charge is 0.497 e. The number of nitrogens with one attached hydrogen (secondary N) is 1. The third kappa shape index (κ3) is 7.88. The second-order valence-electron chi connectivity index (χ2n) is 11.0. The third-order valence-electron chi connectivity index (χ3n) is 7.28. The van der Waals surface area contributed by atoms with Crippen molar-refractivity contribution in [2.75, 3.05) is 7.11 Å². The van der Waals surface area contributed by atoms with Crippen molar-refractivity contribution in [1.82, 2.24) is 24.6 Å². The predicted molar refractivity (Wildman–Crippen MR) is 170 cm³/mol. The fourth-order valence-electron chi connectivity index (χ4n) is 4.90. The van der Waals surface area contributed by atoms with Crippen molar-refractivity contribution < 1.29 is 31.8 Å². The Bertz CT molecular complexity index is 1910. The number of ether oxygens (including phenoxy) is 2. The number of methoxy groups -OCH3 is 1.